The van der Waals surface area contributed by atoms with Gasteiger partial charge in [-0.3, -0.25) is 9.58 Å². The van der Waals surface area contributed by atoms with Gasteiger partial charge in [0.15, 0.2) is 0 Å². The zero-order chi connectivity index (χ0) is 17.8. The molecular weight excluding hydrogens is 326 g/mol. The first-order valence-corrected chi connectivity index (χ1v) is 9.79. The van der Waals surface area contributed by atoms with Gasteiger partial charge in [0.2, 0.25) is 0 Å². The van der Waals surface area contributed by atoms with Crippen molar-refractivity contribution in [2.24, 2.45) is 0 Å². The van der Waals surface area contributed by atoms with E-state index >= 15 is 0 Å². The smallest absolute Gasteiger partial charge is 0.142 e. The highest BCUT2D eigenvalue weighted by molar-refractivity contribution is 5.58. The maximum Gasteiger partial charge on any atom is 0.142 e. The van der Waals surface area contributed by atoms with Crippen LogP contribution in [0.1, 0.15) is 24.7 Å². The number of rotatable bonds is 5. The van der Waals surface area contributed by atoms with Gasteiger partial charge in [-0.1, -0.05) is 12.1 Å². The second-order valence-electron chi connectivity index (χ2n) is 7.04. The van der Waals surface area contributed by atoms with Crippen LogP contribution in [0.2, 0.25) is 0 Å². The molecule has 0 radical (unpaired) electrons. The van der Waals surface area contributed by atoms with Gasteiger partial charge in [0.1, 0.15) is 5.75 Å². The Labute approximate surface area is 155 Å². The van der Waals surface area contributed by atoms with Gasteiger partial charge in [-0.25, -0.2) is 0 Å². The van der Waals surface area contributed by atoms with Gasteiger partial charge in [0, 0.05) is 45.8 Å². The number of benzene rings is 1. The highest BCUT2D eigenvalue weighted by atomic mass is 16.5. The van der Waals surface area contributed by atoms with Gasteiger partial charge in [-0.05, 0) is 38.1 Å². The lowest BCUT2D eigenvalue weighted by Crippen LogP contribution is -2.46. The van der Waals surface area contributed by atoms with Crippen LogP contribution in [0.5, 0.6) is 5.75 Å². The number of nitrogens with one attached hydrogen (secondary N) is 1. The highest BCUT2D eigenvalue weighted by Crippen LogP contribution is 2.29. The first kappa shape index (κ1) is 17.4. The molecule has 1 aromatic carbocycles. The van der Waals surface area contributed by atoms with Gasteiger partial charge in [0.25, 0.3) is 0 Å². The van der Waals surface area contributed by atoms with Crippen LogP contribution in [-0.2, 0) is 19.6 Å². The average molecular weight is 355 g/mol. The summed E-state index contributed by atoms with van der Waals surface area (Å²) in [6.45, 7) is 10.9. The lowest BCUT2D eigenvalue weighted by atomic mass is 10.2. The number of aryl methyl sites for hydroxylation is 1. The van der Waals surface area contributed by atoms with E-state index in [9.17, 15) is 0 Å². The Morgan fingerprint density at radius 1 is 1.12 bits per heavy atom. The molecule has 140 valence electrons. The van der Waals surface area contributed by atoms with Crippen molar-refractivity contribution in [3.8, 4) is 5.75 Å². The third-order valence-electron chi connectivity index (χ3n) is 5.21. The summed E-state index contributed by atoms with van der Waals surface area (Å²) in [5.74, 6) is 0.994. The zero-order valence-corrected chi connectivity index (χ0v) is 15.7. The first-order valence-electron chi connectivity index (χ1n) is 9.79. The molecule has 2 aromatic rings. The number of fused-ring (bicyclic) bond motifs is 1. The fraction of sp³-hybridized carbons (Fsp3) is 0.550. The van der Waals surface area contributed by atoms with Gasteiger partial charge in [-0.15, -0.1) is 0 Å². The number of nitrogens with zero attached hydrogens (tertiary/aromatic N) is 4. The van der Waals surface area contributed by atoms with Crippen molar-refractivity contribution in [3.05, 3.63) is 41.7 Å². The number of piperazine rings is 1. The molecular formula is C20H29N5O. The Morgan fingerprint density at radius 2 is 1.96 bits per heavy atom. The molecule has 0 atom stereocenters. The summed E-state index contributed by atoms with van der Waals surface area (Å²) in [6, 6.07) is 10.6. The van der Waals surface area contributed by atoms with Gasteiger partial charge >= 0.3 is 0 Å². The Hall–Kier alpha value is -2.05. The van der Waals surface area contributed by atoms with E-state index in [-0.39, 0.29) is 0 Å². The summed E-state index contributed by atoms with van der Waals surface area (Å²) < 4.78 is 7.98. The molecule has 0 spiro atoms. The molecule has 0 unspecified atom stereocenters. The second-order valence-corrected chi connectivity index (χ2v) is 7.04. The number of hydrogen-bond acceptors (Lipinski definition) is 5. The van der Waals surface area contributed by atoms with Crippen LogP contribution in [0.4, 0.5) is 5.69 Å². The molecule has 1 N–H and O–H groups in total. The van der Waals surface area contributed by atoms with Crippen LogP contribution < -0.4 is 15.0 Å². The average Bonchev–Trinajstić information content (AvgIpc) is 2.91. The van der Waals surface area contributed by atoms with Crippen LogP contribution in [0, 0.1) is 0 Å². The number of anilines is 1. The maximum absolute atomic E-state index is 5.80. The fourth-order valence-corrected chi connectivity index (χ4v) is 3.87. The summed E-state index contributed by atoms with van der Waals surface area (Å²) in [5, 5.41) is 8.29. The molecule has 26 heavy (non-hydrogen) atoms. The topological polar surface area (TPSA) is 45.6 Å². The summed E-state index contributed by atoms with van der Waals surface area (Å²) in [4.78, 5) is 4.95. The van der Waals surface area contributed by atoms with Crippen molar-refractivity contribution in [1.29, 1.82) is 0 Å². The zero-order valence-electron chi connectivity index (χ0n) is 15.7. The third kappa shape index (κ3) is 3.86. The Morgan fingerprint density at radius 3 is 2.81 bits per heavy atom. The van der Waals surface area contributed by atoms with Crippen LogP contribution in [-0.4, -0.2) is 54.0 Å². The number of para-hydroxylation sites is 2. The minimum absolute atomic E-state index is 0.705. The molecule has 6 heteroatoms. The summed E-state index contributed by atoms with van der Waals surface area (Å²) in [6.07, 6.45) is 1.16. The van der Waals surface area contributed by atoms with Crippen molar-refractivity contribution in [3.63, 3.8) is 0 Å². The molecule has 0 aliphatic carbocycles. The van der Waals surface area contributed by atoms with E-state index in [0.29, 0.717) is 6.61 Å². The SMILES string of the molecule is CCOc1ccccc1N1CCN(Cc2cc3n(n2)CCCNC3)CC1. The molecule has 0 saturated carbocycles. The lowest BCUT2D eigenvalue weighted by Gasteiger charge is -2.36. The Bertz CT molecular complexity index is 697. The minimum atomic E-state index is 0.705. The van der Waals surface area contributed by atoms with E-state index in [2.05, 4.69) is 44.1 Å². The molecule has 2 aliphatic heterocycles. The highest BCUT2D eigenvalue weighted by Gasteiger charge is 2.21. The molecule has 0 bridgehead atoms. The third-order valence-corrected chi connectivity index (χ3v) is 5.21. The van der Waals surface area contributed by atoms with Crippen molar-refractivity contribution >= 4 is 5.69 Å². The first-order chi connectivity index (χ1) is 12.8. The van der Waals surface area contributed by atoms with Gasteiger partial charge in [-0.2, -0.15) is 5.10 Å². The predicted octanol–water partition coefficient (Wildman–Crippen LogP) is 2.10. The number of hydrogen-bond donors (Lipinski definition) is 1. The second kappa shape index (κ2) is 8.10. The number of ether oxygens (including phenoxy) is 1. The Balaban J connectivity index is 1.36. The van der Waals surface area contributed by atoms with Crippen LogP contribution in [0.3, 0.4) is 0 Å². The lowest BCUT2D eigenvalue weighted by molar-refractivity contribution is 0.245. The molecule has 1 aromatic heterocycles. The molecule has 0 amide bonds. The maximum atomic E-state index is 5.80. The normalized spacial score (nSPS) is 18.4. The van der Waals surface area contributed by atoms with E-state index in [0.717, 1.165) is 64.5 Å². The van der Waals surface area contributed by atoms with Gasteiger partial charge in [0.05, 0.1) is 23.7 Å². The fourth-order valence-electron chi connectivity index (χ4n) is 3.87. The van der Waals surface area contributed by atoms with Crippen LogP contribution >= 0.6 is 0 Å². The van der Waals surface area contributed by atoms with Crippen molar-refractivity contribution in [1.82, 2.24) is 20.0 Å². The van der Waals surface area contributed by atoms with E-state index in [4.69, 9.17) is 9.84 Å². The van der Waals surface area contributed by atoms with E-state index < -0.39 is 0 Å². The van der Waals surface area contributed by atoms with Crippen LogP contribution in [0.25, 0.3) is 0 Å². The van der Waals surface area contributed by atoms with E-state index in [1.807, 2.05) is 13.0 Å². The van der Waals surface area contributed by atoms with E-state index in [1.54, 1.807) is 0 Å². The van der Waals surface area contributed by atoms with Gasteiger partial charge < -0.3 is 15.0 Å². The number of aromatic nitrogens is 2. The minimum Gasteiger partial charge on any atom is -0.492 e. The standard InChI is InChI=1S/C20H29N5O/c1-2-26-20-7-4-3-6-19(20)24-12-10-23(11-13-24)16-17-14-18-15-21-8-5-9-25(18)22-17/h3-4,6-7,14,21H,2,5,8-13,15-16H2,1H3. The van der Waals surface area contributed by atoms with Crippen molar-refractivity contribution in [2.75, 3.05) is 44.2 Å². The predicted molar refractivity (Wildman–Crippen MR) is 104 cm³/mol. The monoisotopic (exact) mass is 355 g/mol. The quantitative estimate of drug-likeness (QED) is 0.890. The molecule has 2 aliphatic rings. The van der Waals surface area contributed by atoms with Crippen molar-refractivity contribution < 1.29 is 4.74 Å². The summed E-state index contributed by atoms with van der Waals surface area (Å²) in [7, 11) is 0. The molecule has 4 rings (SSSR count). The molecule has 3 heterocycles. The van der Waals surface area contributed by atoms with Crippen molar-refractivity contribution in [2.45, 2.75) is 33.0 Å². The largest absolute Gasteiger partial charge is 0.492 e. The molecule has 1 fully saturated rings. The Kier molecular flexibility index (Phi) is 5.41. The van der Waals surface area contributed by atoms with Crippen LogP contribution in [0.15, 0.2) is 30.3 Å². The summed E-state index contributed by atoms with van der Waals surface area (Å²) >= 11 is 0. The van der Waals surface area contributed by atoms with E-state index in [1.165, 1.54) is 17.1 Å². The molecule has 6 nitrogen and oxygen atoms in total. The summed E-state index contributed by atoms with van der Waals surface area (Å²) in [5.41, 5.74) is 3.74. The molecule has 1 saturated heterocycles.